The molecule has 1 atom stereocenters. The van der Waals surface area contributed by atoms with Gasteiger partial charge in [0.25, 0.3) is 5.91 Å². The minimum atomic E-state index is -0.214. The van der Waals surface area contributed by atoms with Crippen molar-refractivity contribution in [3.8, 4) is 11.5 Å². The van der Waals surface area contributed by atoms with Gasteiger partial charge in [-0.1, -0.05) is 13.3 Å². The lowest BCUT2D eigenvalue weighted by atomic mass is 9.89. The number of rotatable bonds is 2. The Kier molecular flexibility index (Phi) is 3.58. The van der Waals surface area contributed by atoms with E-state index in [1.165, 1.54) is 6.42 Å². The highest BCUT2D eigenvalue weighted by molar-refractivity contribution is 5.96. The van der Waals surface area contributed by atoms with Crippen LogP contribution in [-0.4, -0.2) is 18.4 Å². The molecule has 0 bridgehead atoms. The molecule has 5 heteroatoms. The van der Waals surface area contributed by atoms with Crippen molar-refractivity contribution >= 4 is 11.6 Å². The zero-order valence-electron chi connectivity index (χ0n) is 11.5. The third kappa shape index (κ3) is 2.61. The van der Waals surface area contributed by atoms with Crippen LogP contribution in [0.2, 0.25) is 0 Å². The molecule has 0 radical (unpaired) electrons. The van der Waals surface area contributed by atoms with Gasteiger partial charge in [0.05, 0.1) is 0 Å². The Morgan fingerprint density at radius 1 is 1.30 bits per heavy atom. The zero-order chi connectivity index (χ0) is 13.9. The van der Waals surface area contributed by atoms with Crippen LogP contribution in [0.3, 0.4) is 0 Å². The van der Waals surface area contributed by atoms with Crippen molar-refractivity contribution in [3.63, 3.8) is 0 Å². The van der Waals surface area contributed by atoms with Gasteiger partial charge in [-0.15, -0.1) is 0 Å². The van der Waals surface area contributed by atoms with E-state index < -0.39 is 0 Å². The van der Waals surface area contributed by atoms with Crippen molar-refractivity contribution in [1.82, 2.24) is 5.43 Å². The van der Waals surface area contributed by atoms with Gasteiger partial charge in [0, 0.05) is 11.3 Å². The largest absolute Gasteiger partial charge is 0.454 e. The van der Waals surface area contributed by atoms with E-state index in [0.717, 1.165) is 25.0 Å². The van der Waals surface area contributed by atoms with E-state index in [9.17, 15) is 4.79 Å². The maximum Gasteiger partial charge on any atom is 0.271 e. The highest BCUT2D eigenvalue weighted by Crippen LogP contribution is 2.32. The molecule has 106 valence electrons. The lowest BCUT2D eigenvalue weighted by molar-refractivity contribution is 0.0954. The van der Waals surface area contributed by atoms with Gasteiger partial charge in [0.1, 0.15) is 0 Å². The molecule has 5 nitrogen and oxygen atoms in total. The second-order valence-electron chi connectivity index (χ2n) is 5.26. The van der Waals surface area contributed by atoms with E-state index in [0.29, 0.717) is 23.0 Å². The minimum Gasteiger partial charge on any atom is -0.454 e. The number of amides is 1. The summed E-state index contributed by atoms with van der Waals surface area (Å²) in [7, 11) is 0. The molecule has 1 amide bonds. The summed E-state index contributed by atoms with van der Waals surface area (Å²) in [6.45, 7) is 2.37. The van der Waals surface area contributed by atoms with Crippen molar-refractivity contribution in [2.24, 2.45) is 11.0 Å². The Morgan fingerprint density at radius 2 is 2.15 bits per heavy atom. The van der Waals surface area contributed by atoms with Crippen LogP contribution in [0.25, 0.3) is 0 Å². The molecule has 1 aliphatic carbocycles. The van der Waals surface area contributed by atoms with Gasteiger partial charge in [-0.25, -0.2) is 5.43 Å². The normalized spacial score (nSPS) is 22.9. The third-order valence-electron chi connectivity index (χ3n) is 3.82. The predicted octanol–water partition coefficient (Wildman–Crippen LogP) is 2.71. The molecule has 3 rings (SSSR count). The SMILES string of the molecule is C[C@H]1CCCCC1=NNC(=O)c1ccc2c(c1)OCO2. The number of nitrogens with one attached hydrogen (secondary N) is 1. The number of hydrogen-bond donors (Lipinski definition) is 1. The van der Waals surface area contributed by atoms with Gasteiger partial charge < -0.3 is 9.47 Å². The Labute approximate surface area is 118 Å². The second-order valence-corrected chi connectivity index (χ2v) is 5.26. The van der Waals surface area contributed by atoms with Crippen molar-refractivity contribution in [2.45, 2.75) is 32.6 Å². The number of nitrogens with zero attached hydrogens (tertiary/aromatic N) is 1. The smallest absolute Gasteiger partial charge is 0.271 e. The average Bonchev–Trinajstić information content (AvgIpc) is 2.93. The molecule has 1 heterocycles. The summed E-state index contributed by atoms with van der Waals surface area (Å²) in [6, 6.07) is 5.14. The molecule has 20 heavy (non-hydrogen) atoms. The Balaban J connectivity index is 1.68. The maximum absolute atomic E-state index is 12.1. The van der Waals surface area contributed by atoms with Crippen molar-refractivity contribution in [2.75, 3.05) is 6.79 Å². The predicted molar refractivity (Wildman–Crippen MR) is 75.1 cm³/mol. The number of carbonyl (C=O) groups is 1. The van der Waals surface area contributed by atoms with E-state index in [2.05, 4.69) is 17.5 Å². The molecule has 0 unspecified atom stereocenters. The quantitative estimate of drug-likeness (QED) is 0.843. The Bertz CT molecular complexity index is 554. The first-order chi connectivity index (χ1) is 9.74. The van der Waals surface area contributed by atoms with Crippen LogP contribution < -0.4 is 14.9 Å². The lowest BCUT2D eigenvalue weighted by Crippen LogP contribution is -2.24. The highest BCUT2D eigenvalue weighted by Gasteiger charge is 2.18. The molecule has 1 N–H and O–H groups in total. The fourth-order valence-electron chi connectivity index (χ4n) is 2.56. The summed E-state index contributed by atoms with van der Waals surface area (Å²) in [4.78, 5) is 12.1. The Morgan fingerprint density at radius 3 is 3.00 bits per heavy atom. The summed E-state index contributed by atoms with van der Waals surface area (Å²) in [5.74, 6) is 1.53. The molecule has 1 aromatic carbocycles. The van der Waals surface area contributed by atoms with Gasteiger partial charge in [0.2, 0.25) is 6.79 Å². The number of hydrazone groups is 1. The molecule has 1 fully saturated rings. The van der Waals surface area contributed by atoms with E-state index in [-0.39, 0.29) is 12.7 Å². The first-order valence-electron chi connectivity index (χ1n) is 7.00. The van der Waals surface area contributed by atoms with Crippen LogP contribution in [0.1, 0.15) is 43.0 Å². The third-order valence-corrected chi connectivity index (χ3v) is 3.82. The standard InChI is InChI=1S/C15H18N2O3/c1-10-4-2-3-5-12(10)16-17-15(18)11-6-7-13-14(8-11)20-9-19-13/h6-8,10H,2-5,9H2,1H3,(H,17,18)/t10-/m0/s1. The molecule has 1 aromatic rings. The fraction of sp³-hybridized carbons (Fsp3) is 0.467. The van der Waals surface area contributed by atoms with Crippen LogP contribution >= 0.6 is 0 Å². The van der Waals surface area contributed by atoms with Crippen LogP contribution in [0.15, 0.2) is 23.3 Å². The van der Waals surface area contributed by atoms with Gasteiger partial charge >= 0.3 is 0 Å². The maximum atomic E-state index is 12.1. The second kappa shape index (κ2) is 5.53. The fourth-order valence-corrected chi connectivity index (χ4v) is 2.56. The summed E-state index contributed by atoms with van der Waals surface area (Å²) in [6.07, 6.45) is 4.53. The molecule has 0 spiro atoms. The molecule has 1 aliphatic heterocycles. The van der Waals surface area contributed by atoms with E-state index in [1.807, 2.05) is 0 Å². The molecule has 0 saturated heterocycles. The number of carbonyl (C=O) groups excluding carboxylic acids is 1. The van der Waals surface area contributed by atoms with Crippen molar-refractivity contribution in [1.29, 1.82) is 0 Å². The Hall–Kier alpha value is -2.04. The molecule has 1 saturated carbocycles. The summed E-state index contributed by atoms with van der Waals surface area (Å²) < 4.78 is 10.5. The molecule has 2 aliphatic rings. The summed E-state index contributed by atoms with van der Waals surface area (Å²) in [5, 5.41) is 4.28. The summed E-state index contributed by atoms with van der Waals surface area (Å²) >= 11 is 0. The average molecular weight is 274 g/mol. The summed E-state index contributed by atoms with van der Waals surface area (Å²) in [5.41, 5.74) is 4.26. The number of ether oxygens (including phenoxy) is 2. The number of fused-ring (bicyclic) bond motifs is 1. The number of benzene rings is 1. The zero-order valence-corrected chi connectivity index (χ0v) is 11.5. The van der Waals surface area contributed by atoms with E-state index in [4.69, 9.17) is 9.47 Å². The molecular formula is C15H18N2O3. The molecular weight excluding hydrogens is 256 g/mol. The first kappa shape index (κ1) is 13.0. The van der Waals surface area contributed by atoms with Gasteiger partial charge in [0.15, 0.2) is 11.5 Å². The number of hydrogen-bond acceptors (Lipinski definition) is 4. The van der Waals surface area contributed by atoms with Gasteiger partial charge in [-0.2, -0.15) is 5.10 Å². The van der Waals surface area contributed by atoms with E-state index in [1.54, 1.807) is 18.2 Å². The van der Waals surface area contributed by atoms with E-state index >= 15 is 0 Å². The first-order valence-corrected chi connectivity index (χ1v) is 7.00. The van der Waals surface area contributed by atoms with Gasteiger partial charge in [-0.05, 0) is 43.4 Å². The van der Waals surface area contributed by atoms with Crippen molar-refractivity contribution in [3.05, 3.63) is 23.8 Å². The van der Waals surface area contributed by atoms with Crippen LogP contribution in [-0.2, 0) is 0 Å². The molecule has 0 aromatic heterocycles. The monoisotopic (exact) mass is 274 g/mol. The van der Waals surface area contributed by atoms with Crippen molar-refractivity contribution < 1.29 is 14.3 Å². The van der Waals surface area contributed by atoms with Crippen LogP contribution in [0.5, 0.6) is 11.5 Å². The minimum absolute atomic E-state index is 0.209. The lowest BCUT2D eigenvalue weighted by Gasteiger charge is -2.19. The highest BCUT2D eigenvalue weighted by atomic mass is 16.7. The topological polar surface area (TPSA) is 59.9 Å². The van der Waals surface area contributed by atoms with Gasteiger partial charge in [-0.3, -0.25) is 4.79 Å². The van der Waals surface area contributed by atoms with Crippen LogP contribution in [0.4, 0.5) is 0 Å². The van der Waals surface area contributed by atoms with Crippen LogP contribution in [0, 0.1) is 5.92 Å².